The van der Waals surface area contributed by atoms with E-state index in [0.29, 0.717) is 10.6 Å². The van der Waals surface area contributed by atoms with Crippen LogP contribution in [0.5, 0.6) is 0 Å². The number of hydrogen-bond donors (Lipinski definition) is 1. The van der Waals surface area contributed by atoms with E-state index in [4.69, 9.17) is 4.74 Å². The van der Waals surface area contributed by atoms with Crippen LogP contribution >= 0.6 is 11.3 Å². The van der Waals surface area contributed by atoms with Crippen molar-refractivity contribution >= 4 is 34.2 Å². The largest absolute Gasteiger partial charge is 0.469 e. The van der Waals surface area contributed by atoms with E-state index < -0.39 is 24.3 Å². The normalized spacial score (nSPS) is 10.1. The third-order valence-corrected chi connectivity index (χ3v) is 4.04. The molecule has 0 unspecified atom stereocenters. The molecule has 0 saturated heterocycles. The summed E-state index contributed by atoms with van der Waals surface area (Å²) in [7, 11) is 1.21. The third-order valence-electron chi connectivity index (χ3n) is 3.14. The Labute approximate surface area is 143 Å². The maximum Gasteiger partial charge on any atom is 0.341 e. The second-order valence-electron chi connectivity index (χ2n) is 4.74. The number of benzene rings is 1. The molecule has 1 amide bonds. The summed E-state index contributed by atoms with van der Waals surface area (Å²) in [5, 5.41) is 4.70. The molecule has 1 heterocycles. The number of rotatable bonds is 6. The Morgan fingerprint density at radius 3 is 2.50 bits per heavy atom. The molecule has 0 spiro atoms. The van der Waals surface area contributed by atoms with Gasteiger partial charge in [-0.25, -0.2) is 4.79 Å². The first-order valence-electron chi connectivity index (χ1n) is 7.27. The van der Waals surface area contributed by atoms with Crippen LogP contribution in [-0.2, 0) is 19.1 Å². The molecule has 0 radical (unpaired) electrons. The number of esters is 2. The number of hydrogen-bond acceptors (Lipinski definition) is 6. The first-order chi connectivity index (χ1) is 11.6. The summed E-state index contributed by atoms with van der Waals surface area (Å²) in [5.74, 6) is -1.72. The highest BCUT2D eigenvalue weighted by atomic mass is 32.1. The number of carbonyl (C=O) groups is 3. The molecule has 0 aliphatic heterocycles. The molecule has 2 aromatic rings. The highest BCUT2D eigenvalue weighted by Crippen LogP contribution is 2.36. The summed E-state index contributed by atoms with van der Waals surface area (Å²) in [4.78, 5) is 35.4. The number of amides is 1. The topological polar surface area (TPSA) is 81.7 Å². The van der Waals surface area contributed by atoms with E-state index in [-0.39, 0.29) is 12.2 Å². The minimum Gasteiger partial charge on any atom is -0.469 e. The van der Waals surface area contributed by atoms with Crippen molar-refractivity contribution in [2.75, 3.05) is 19.0 Å². The van der Waals surface area contributed by atoms with Crippen LogP contribution in [0.1, 0.15) is 23.7 Å². The molecule has 1 aromatic heterocycles. The van der Waals surface area contributed by atoms with E-state index in [1.54, 1.807) is 12.3 Å². The number of methoxy groups -OCH3 is 1. The van der Waals surface area contributed by atoms with Gasteiger partial charge in [0, 0.05) is 10.9 Å². The van der Waals surface area contributed by atoms with Crippen molar-refractivity contribution in [1.82, 2.24) is 0 Å². The van der Waals surface area contributed by atoms with Crippen LogP contribution in [0.2, 0.25) is 0 Å². The lowest BCUT2D eigenvalue weighted by Crippen LogP contribution is -2.18. The Kier molecular flexibility index (Phi) is 6.08. The van der Waals surface area contributed by atoms with Crippen LogP contribution in [0.15, 0.2) is 35.7 Å². The highest BCUT2D eigenvalue weighted by molar-refractivity contribution is 7.15. The lowest BCUT2D eigenvalue weighted by molar-refractivity contribution is -0.142. The van der Waals surface area contributed by atoms with Crippen molar-refractivity contribution in [3.05, 3.63) is 41.3 Å². The Bertz CT molecular complexity index is 739. The molecule has 0 fully saturated rings. The number of anilines is 1. The predicted octanol–water partition coefficient (Wildman–Crippen LogP) is 3.09. The molecule has 0 aliphatic rings. The van der Waals surface area contributed by atoms with Gasteiger partial charge in [-0.1, -0.05) is 30.3 Å². The fourth-order valence-electron chi connectivity index (χ4n) is 2.06. The third kappa shape index (κ3) is 4.20. The van der Waals surface area contributed by atoms with Gasteiger partial charge in [0.05, 0.1) is 13.7 Å². The monoisotopic (exact) mass is 347 g/mol. The zero-order valence-corrected chi connectivity index (χ0v) is 14.1. The Balaban J connectivity index is 2.34. The Morgan fingerprint density at radius 2 is 1.88 bits per heavy atom. The molecule has 6 nitrogen and oxygen atoms in total. The molecular formula is C17H17NO5S. The lowest BCUT2D eigenvalue weighted by atomic mass is 10.0. The van der Waals surface area contributed by atoms with E-state index in [2.05, 4.69) is 10.1 Å². The van der Waals surface area contributed by atoms with Crippen molar-refractivity contribution in [2.24, 2.45) is 0 Å². The molecule has 0 saturated carbocycles. The number of ether oxygens (including phenoxy) is 2. The Hall–Kier alpha value is -2.67. The minimum atomic E-state index is -0.648. The SMILES string of the molecule is CCOC(=O)c1c(-c2ccccc2)csc1NC(=O)CC(=O)OC. The van der Waals surface area contributed by atoms with Gasteiger partial charge in [0.2, 0.25) is 5.91 Å². The maximum atomic E-state index is 12.3. The van der Waals surface area contributed by atoms with Gasteiger partial charge in [-0.2, -0.15) is 0 Å². The second kappa shape index (κ2) is 8.26. The van der Waals surface area contributed by atoms with Gasteiger partial charge in [0.1, 0.15) is 17.0 Å². The average Bonchev–Trinajstić information content (AvgIpc) is 2.99. The van der Waals surface area contributed by atoms with E-state index in [1.807, 2.05) is 30.3 Å². The first-order valence-corrected chi connectivity index (χ1v) is 8.15. The van der Waals surface area contributed by atoms with Crippen molar-refractivity contribution < 1.29 is 23.9 Å². The van der Waals surface area contributed by atoms with Crippen LogP contribution in [-0.4, -0.2) is 31.6 Å². The molecule has 0 aliphatic carbocycles. The van der Waals surface area contributed by atoms with E-state index in [1.165, 1.54) is 18.4 Å². The van der Waals surface area contributed by atoms with Gasteiger partial charge in [0.25, 0.3) is 0 Å². The van der Waals surface area contributed by atoms with Crippen LogP contribution in [0, 0.1) is 0 Å². The standard InChI is InChI=1S/C17H17NO5S/c1-3-23-17(21)15-12(11-7-5-4-6-8-11)10-24-16(15)18-13(19)9-14(20)22-2/h4-8,10H,3,9H2,1-2H3,(H,18,19). The summed E-state index contributed by atoms with van der Waals surface area (Å²) >= 11 is 1.20. The molecule has 2 rings (SSSR count). The molecule has 24 heavy (non-hydrogen) atoms. The quantitative estimate of drug-likeness (QED) is 0.641. The molecular weight excluding hydrogens is 330 g/mol. The predicted molar refractivity (Wildman–Crippen MR) is 91.0 cm³/mol. The van der Waals surface area contributed by atoms with Gasteiger partial charge in [0.15, 0.2) is 0 Å². The second-order valence-corrected chi connectivity index (χ2v) is 5.62. The lowest BCUT2D eigenvalue weighted by Gasteiger charge is -2.08. The van der Waals surface area contributed by atoms with Crippen molar-refractivity contribution in [3.63, 3.8) is 0 Å². The average molecular weight is 347 g/mol. The number of thiophene rings is 1. The molecule has 1 aromatic carbocycles. The van der Waals surface area contributed by atoms with Gasteiger partial charge >= 0.3 is 11.9 Å². The molecule has 0 atom stereocenters. The maximum absolute atomic E-state index is 12.3. The molecule has 7 heteroatoms. The van der Waals surface area contributed by atoms with Crippen molar-refractivity contribution in [3.8, 4) is 11.1 Å². The summed E-state index contributed by atoms with van der Waals surface area (Å²) in [6.45, 7) is 1.93. The van der Waals surface area contributed by atoms with E-state index >= 15 is 0 Å². The van der Waals surface area contributed by atoms with Gasteiger partial charge in [-0.15, -0.1) is 11.3 Å². The minimum absolute atomic E-state index is 0.221. The zero-order valence-electron chi connectivity index (χ0n) is 13.3. The van der Waals surface area contributed by atoms with Gasteiger partial charge in [-0.3, -0.25) is 9.59 Å². The fraction of sp³-hybridized carbons (Fsp3) is 0.235. The molecule has 1 N–H and O–H groups in total. The fourth-order valence-corrected chi connectivity index (χ4v) is 3.03. The van der Waals surface area contributed by atoms with Crippen LogP contribution in [0.4, 0.5) is 5.00 Å². The number of nitrogens with one attached hydrogen (secondary N) is 1. The number of carbonyl (C=O) groups excluding carboxylic acids is 3. The molecule has 126 valence electrons. The zero-order chi connectivity index (χ0) is 17.5. The van der Waals surface area contributed by atoms with Crippen LogP contribution in [0.3, 0.4) is 0 Å². The van der Waals surface area contributed by atoms with Crippen molar-refractivity contribution in [1.29, 1.82) is 0 Å². The first kappa shape index (κ1) is 17.7. The smallest absolute Gasteiger partial charge is 0.341 e. The summed E-state index contributed by atoms with van der Waals surface area (Å²) in [6.07, 6.45) is -0.419. The van der Waals surface area contributed by atoms with Gasteiger partial charge < -0.3 is 14.8 Å². The summed E-state index contributed by atoms with van der Waals surface area (Å²) in [6, 6.07) is 9.32. The van der Waals surface area contributed by atoms with Crippen LogP contribution < -0.4 is 5.32 Å². The Morgan fingerprint density at radius 1 is 1.17 bits per heavy atom. The van der Waals surface area contributed by atoms with E-state index in [9.17, 15) is 14.4 Å². The summed E-state index contributed by atoms with van der Waals surface area (Å²) in [5.41, 5.74) is 1.80. The van der Waals surface area contributed by atoms with Crippen LogP contribution in [0.25, 0.3) is 11.1 Å². The molecule has 0 bridgehead atoms. The summed E-state index contributed by atoms with van der Waals surface area (Å²) < 4.78 is 9.56. The van der Waals surface area contributed by atoms with E-state index in [0.717, 1.165) is 5.56 Å². The van der Waals surface area contributed by atoms with Crippen molar-refractivity contribution in [2.45, 2.75) is 13.3 Å². The van der Waals surface area contributed by atoms with Gasteiger partial charge in [-0.05, 0) is 12.5 Å². The highest BCUT2D eigenvalue weighted by Gasteiger charge is 2.23.